The summed E-state index contributed by atoms with van der Waals surface area (Å²) >= 11 is 0. The quantitative estimate of drug-likeness (QED) is 0.735. The number of benzene rings is 1. The molecule has 0 spiro atoms. The van der Waals surface area contributed by atoms with Crippen LogP contribution in [-0.2, 0) is 0 Å². The average Bonchev–Trinajstić information content (AvgIpc) is 2.62. The van der Waals surface area contributed by atoms with Gasteiger partial charge in [-0.1, -0.05) is 5.16 Å². The van der Waals surface area contributed by atoms with Gasteiger partial charge in [0.15, 0.2) is 34.8 Å². The number of aromatic nitrogens is 1. The number of phenolic OH excluding ortho intramolecular Hbond substituents is 1. The van der Waals surface area contributed by atoms with Gasteiger partial charge in [-0.2, -0.15) is 0 Å². The van der Waals surface area contributed by atoms with Crippen molar-refractivity contribution in [3.05, 3.63) is 29.6 Å². The zero-order valence-electron chi connectivity index (χ0n) is 7.67. The van der Waals surface area contributed by atoms with Crippen LogP contribution in [0.15, 0.2) is 16.7 Å². The van der Waals surface area contributed by atoms with Gasteiger partial charge in [0.2, 0.25) is 0 Å². The first kappa shape index (κ1) is 10.3. The van der Waals surface area contributed by atoms with E-state index in [0.717, 1.165) is 6.07 Å². The standard InChI is InChI=1S/C9H5F3N2O2/c10-3-1-4(15)9(12)7(8(3)11)5-2-6(13)14-16-5/h1-2,15H,(H2,13,14). The molecule has 0 bridgehead atoms. The van der Waals surface area contributed by atoms with Crippen LogP contribution >= 0.6 is 0 Å². The fraction of sp³-hybridized carbons (Fsp3) is 0. The fourth-order valence-electron chi connectivity index (χ4n) is 1.21. The SMILES string of the molecule is Nc1cc(-c2c(F)c(O)cc(F)c2F)on1. The van der Waals surface area contributed by atoms with Crippen molar-refractivity contribution >= 4 is 5.82 Å². The third-order valence-electron chi connectivity index (χ3n) is 1.91. The maximum absolute atomic E-state index is 13.4. The number of aromatic hydroxyl groups is 1. The van der Waals surface area contributed by atoms with Gasteiger partial charge in [-0.15, -0.1) is 0 Å². The maximum atomic E-state index is 13.4. The van der Waals surface area contributed by atoms with Crippen LogP contribution in [0.3, 0.4) is 0 Å². The van der Waals surface area contributed by atoms with Crippen LogP contribution in [0.1, 0.15) is 0 Å². The Labute approximate surface area is 87.1 Å². The van der Waals surface area contributed by atoms with E-state index in [1.54, 1.807) is 0 Å². The molecule has 3 N–H and O–H groups in total. The monoisotopic (exact) mass is 230 g/mol. The second-order valence-corrected chi connectivity index (χ2v) is 3.00. The molecule has 0 radical (unpaired) electrons. The molecule has 1 heterocycles. The summed E-state index contributed by atoms with van der Waals surface area (Å²) in [7, 11) is 0. The summed E-state index contributed by atoms with van der Waals surface area (Å²) in [5.41, 5.74) is 4.34. The number of nitrogens with two attached hydrogens (primary N) is 1. The molecule has 1 aromatic carbocycles. The molecule has 7 heteroatoms. The predicted octanol–water partition coefficient (Wildman–Crippen LogP) is 2.05. The van der Waals surface area contributed by atoms with Crippen molar-refractivity contribution in [2.75, 3.05) is 5.73 Å². The highest BCUT2D eigenvalue weighted by Gasteiger charge is 2.23. The first-order valence-corrected chi connectivity index (χ1v) is 4.09. The van der Waals surface area contributed by atoms with E-state index < -0.39 is 34.5 Å². The molecule has 0 amide bonds. The van der Waals surface area contributed by atoms with Crippen molar-refractivity contribution in [3.8, 4) is 17.1 Å². The van der Waals surface area contributed by atoms with Gasteiger partial charge in [0.1, 0.15) is 0 Å². The number of nitrogens with zero attached hydrogens (tertiary/aromatic N) is 1. The van der Waals surface area contributed by atoms with Gasteiger partial charge >= 0.3 is 0 Å². The maximum Gasteiger partial charge on any atom is 0.179 e. The summed E-state index contributed by atoms with van der Waals surface area (Å²) < 4.78 is 44.0. The Balaban J connectivity index is 2.73. The molecule has 0 unspecified atom stereocenters. The number of phenols is 1. The molecule has 0 fully saturated rings. The smallest absolute Gasteiger partial charge is 0.179 e. The van der Waals surface area contributed by atoms with Crippen LogP contribution in [0.2, 0.25) is 0 Å². The molecular weight excluding hydrogens is 225 g/mol. The number of hydrogen-bond donors (Lipinski definition) is 2. The van der Waals surface area contributed by atoms with Crippen LogP contribution in [0.25, 0.3) is 11.3 Å². The summed E-state index contributed by atoms with van der Waals surface area (Å²) in [4.78, 5) is 0. The minimum Gasteiger partial charge on any atom is -0.505 e. The fourth-order valence-corrected chi connectivity index (χ4v) is 1.21. The molecule has 0 atom stereocenters. The van der Waals surface area contributed by atoms with Crippen LogP contribution < -0.4 is 5.73 Å². The lowest BCUT2D eigenvalue weighted by Gasteiger charge is -2.03. The third-order valence-corrected chi connectivity index (χ3v) is 1.91. The Kier molecular flexibility index (Phi) is 2.22. The lowest BCUT2D eigenvalue weighted by atomic mass is 10.1. The van der Waals surface area contributed by atoms with Crippen LogP contribution in [0.5, 0.6) is 5.75 Å². The number of rotatable bonds is 1. The zero-order chi connectivity index (χ0) is 11.9. The van der Waals surface area contributed by atoms with Crippen molar-refractivity contribution in [3.63, 3.8) is 0 Å². The summed E-state index contributed by atoms with van der Waals surface area (Å²) in [5, 5.41) is 12.2. The van der Waals surface area contributed by atoms with Gasteiger partial charge in [0, 0.05) is 12.1 Å². The molecule has 0 saturated heterocycles. The van der Waals surface area contributed by atoms with Crippen LogP contribution in [0, 0.1) is 17.5 Å². The highest BCUT2D eigenvalue weighted by molar-refractivity contribution is 5.63. The number of hydrogen-bond acceptors (Lipinski definition) is 4. The number of halogens is 3. The zero-order valence-corrected chi connectivity index (χ0v) is 7.67. The van der Waals surface area contributed by atoms with Gasteiger partial charge in [0.25, 0.3) is 0 Å². The van der Waals surface area contributed by atoms with Crippen molar-refractivity contribution in [2.24, 2.45) is 0 Å². The summed E-state index contributed by atoms with van der Waals surface area (Å²) in [5.74, 6) is -5.76. The molecule has 84 valence electrons. The van der Waals surface area contributed by atoms with Gasteiger partial charge in [0.05, 0.1) is 5.56 Å². The summed E-state index contributed by atoms with van der Waals surface area (Å²) in [6.45, 7) is 0. The van der Waals surface area contributed by atoms with E-state index in [9.17, 15) is 13.2 Å². The van der Waals surface area contributed by atoms with Gasteiger partial charge in [-0.3, -0.25) is 0 Å². The van der Waals surface area contributed by atoms with Crippen molar-refractivity contribution in [2.45, 2.75) is 0 Å². The van der Waals surface area contributed by atoms with Gasteiger partial charge in [-0.25, -0.2) is 13.2 Å². The Morgan fingerprint density at radius 3 is 2.44 bits per heavy atom. The molecule has 1 aromatic heterocycles. The Morgan fingerprint density at radius 2 is 1.88 bits per heavy atom. The highest BCUT2D eigenvalue weighted by atomic mass is 19.2. The summed E-state index contributed by atoms with van der Waals surface area (Å²) in [6.07, 6.45) is 0. The Bertz CT molecular complexity index is 528. The van der Waals surface area contributed by atoms with E-state index in [0.29, 0.717) is 6.07 Å². The molecule has 2 aromatic rings. The van der Waals surface area contributed by atoms with E-state index in [1.165, 1.54) is 0 Å². The van der Waals surface area contributed by atoms with E-state index in [1.807, 2.05) is 0 Å². The van der Waals surface area contributed by atoms with Gasteiger partial charge in [-0.05, 0) is 0 Å². The average molecular weight is 230 g/mol. The third kappa shape index (κ3) is 1.46. The minimum absolute atomic E-state index is 0.113. The lowest BCUT2D eigenvalue weighted by Crippen LogP contribution is -1.94. The molecule has 0 aliphatic rings. The van der Waals surface area contributed by atoms with E-state index in [-0.39, 0.29) is 5.82 Å². The van der Waals surface area contributed by atoms with E-state index in [4.69, 9.17) is 10.8 Å². The van der Waals surface area contributed by atoms with Crippen LogP contribution in [0.4, 0.5) is 19.0 Å². The minimum atomic E-state index is -1.48. The first-order valence-electron chi connectivity index (χ1n) is 4.09. The molecule has 0 aliphatic heterocycles. The second kappa shape index (κ2) is 3.44. The van der Waals surface area contributed by atoms with E-state index >= 15 is 0 Å². The van der Waals surface area contributed by atoms with Crippen molar-refractivity contribution < 1.29 is 22.8 Å². The topological polar surface area (TPSA) is 72.3 Å². The van der Waals surface area contributed by atoms with Gasteiger partial charge < -0.3 is 15.4 Å². The van der Waals surface area contributed by atoms with Crippen molar-refractivity contribution in [1.29, 1.82) is 0 Å². The Hall–Kier alpha value is -2.18. The Morgan fingerprint density at radius 1 is 1.19 bits per heavy atom. The van der Waals surface area contributed by atoms with E-state index in [2.05, 4.69) is 9.68 Å². The number of anilines is 1. The first-order chi connectivity index (χ1) is 7.50. The van der Waals surface area contributed by atoms with Crippen LogP contribution in [-0.4, -0.2) is 10.3 Å². The number of nitrogen functional groups attached to an aromatic ring is 1. The predicted molar refractivity (Wildman–Crippen MR) is 47.9 cm³/mol. The largest absolute Gasteiger partial charge is 0.505 e. The summed E-state index contributed by atoms with van der Waals surface area (Å²) in [6, 6.07) is 1.34. The molecule has 0 aliphatic carbocycles. The highest BCUT2D eigenvalue weighted by Crippen LogP contribution is 2.33. The normalized spacial score (nSPS) is 10.7. The molecule has 0 saturated carbocycles. The molecular formula is C9H5F3N2O2. The second-order valence-electron chi connectivity index (χ2n) is 3.00. The molecule has 16 heavy (non-hydrogen) atoms. The molecule has 2 rings (SSSR count). The molecule has 4 nitrogen and oxygen atoms in total. The van der Waals surface area contributed by atoms with Crippen molar-refractivity contribution in [1.82, 2.24) is 5.16 Å². The lowest BCUT2D eigenvalue weighted by molar-refractivity contribution is 0.402.